The standard InChI is InChI=1S/C20H25N7O7/c21-19-24-15-14(17(31)25-19)27-11(7-22-15)8-26(20(27)34)10-3-1-9(2-4-10)16(30)23-12(18(32)33)5-6-13(28)29/h1-4,11-12,14-15,19,22,24H,5-8,21H2,(H,23,30)(H,25,31)(H,28,29)(H,32,33)/t11?,12-,14?,15?,19?/m0/s1. The highest BCUT2D eigenvalue weighted by Gasteiger charge is 2.52. The van der Waals surface area contributed by atoms with Crippen molar-refractivity contribution >= 4 is 35.5 Å². The number of carboxylic acid groups (broad SMARTS) is 2. The molecule has 0 aliphatic carbocycles. The zero-order valence-electron chi connectivity index (χ0n) is 17.9. The number of hydrogen-bond acceptors (Lipinski definition) is 8. The van der Waals surface area contributed by atoms with E-state index in [1.54, 1.807) is 12.1 Å². The molecule has 3 aliphatic heterocycles. The van der Waals surface area contributed by atoms with Crippen LogP contribution in [0.4, 0.5) is 10.5 Å². The molecule has 14 nitrogen and oxygen atoms in total. The van der Waals surface area contributed by atoms with Crippen LogP contribution < -0.4 is 31.9 Å². The van der Waals surface area contributed by atoms with Crippen LogP contribution in [0, 0.1) is 0 Å². The number of carbonyl (C=O) groups excluding carboxylic acids is 3. The summed E-state index contributed by atoms with van der Waals surface area (Å²) >= 11 is 0. The number of amides is 4. The summed E-state index contributed by atoms with van der Waals surface area (Å²) in [6.07, 6.45) is -1.84. The summed E-state index contributed by atoms with van der Waals surface area (Å²) in [5.41, 5.74) is 6.41. The summed E-state index contributed by atoms with van der Waals surface area (Å²) in [4.78, 5) is 63.2. The Balaban J connectivity index is 1.44. The molecule has 1 aromatic carbocycles. The lowest BCUT2D eigenvalue weighted by Gasteiger charge is -2.46. The van der Waals surface area contributed by atoms with Gasteiger partial charge in [-0.3, -0.25) is 35.7 Å². The molecule has 3 heterocycles. The second-order valence-electron chi connectivity index (χ2n) is 8.28. The first-order valence-corrected chi connectivity index (χ1v) is 10.7. The number of piperazine rings is 1. The van der Waals surface area contributed by atoms with Crippen LogP contribution in [-0.4, -0.2) is 88.6 Å². The lowest BCUT2D eigenvalue weighted by atomic mass is 10.0. The summed E-state index contributed by atoms with van der Waals surface area (Å²) in [6, 6.07) is 3.29. The third-order valence-corrected chi connectivity index (χ3v) is 6.04. The van der Waals surface area contributed by atoms with Crippen molar-refractivity contribution in [2.45, 2.75) is 43.4 Å². The minimum Gasteiger partial charge on any atom is -0.481 e. The molecule has 3 saturated heterocycles. The molecule has 5 atom stereocenters. The fourth-order valence-electron chi connectivity index (χ4n) is 4.39. The van der Waals surface area contributed by atoms with E-state index in [1.165, 1.54) is 21.9 Å². The molecule has 8 N–H and O–H groups in total. The summed E-state index contributed by atoms with van der Waals surface area (Å²) < 4.78 is 0. The van der Waals surface area contributed by atoms with Gasteiger partial charge in [0.05, 0.1) is 12.2 Å². The molecule has 0 spiro atoms. The first-order chi connectivity index (χ1) is 16.2. The number of aliphatic carboxylic acids is 2. The molecule has 34 heavy (non-hydrogen) atoms. The smallest absolute Gasteiger partial charge is 0.326 e. The maximum Gasteiger partial charge on any atom is 0.326 e. The van der Waals surface area contributed by atoms with Crippen LogP contribution in [0.2, 0.25) is 0 Å². The average molecular weight is 475 g/mol. The largest absolute Gasteiger partial charge is 0.481 e. The quantitative estimate of drug-likeness (QED) is 0.222. The number of rotatable bonds is 7. The molecule has 4 amide bonds. The van der Waals surface area contributed by atoms with Gasteiger partial charge in [-0.25, -0.2) is 9.59 Å². The van der Waals surface area contributed by atoms with Gasteiger partial charge in [-0.1, -0.05) is 0 Å². The second kappa shape index (κ2) is 9.24. The van der Waals surface area contributed by atoms with Crippen molar-refractivity contribution in [3.05, 3.63) is 29.8 Å². The van der Waals surface area contributed by atoms with Gasteiger partial charge < -0.3 is 25.7 Å². The van der Waals surface area contributed by atoms with E-state index in [0.29, 0.717) is 18.8 Å². The third-order valence-electron chi connectivity index (χ3n) is 6.04. The molecule has 3 aliphatic rings. The van der Waals surface area contributed by atoms with E-state index >= 15 is 0 Å². The van der Waals surface area contributed by atoms with Gasteiger partial charge in [0.1, 0.15) is 18.4 Å². The Morgan fingerprint density at radius 3 is 2.53 bits per heavy atom. The molecule has 0 radical (unpaired) electrons. The van der Waals surface area contributed by atoms with Gasteiger partial charge in [0, 0.05) is 30.8 Å². The number of nitrogens with two attached hydrogens (primary N) is 1. The van der Waals surface area contributed by atoms with Gasteiger partial charge >= 0.3 is 18.0 Å². The Morgan fingerprint density at radius 1 is 1.18 bits per heavy atom. The Hall–Kier alpha value is -3.75. The number of anilines is 1. The van der Waals surface area contributed by atoms with Crippen molar-refractivity contribution in [1.29, 1.82) is 0 Å². The van der Waals surface area contributed by atoms with Gasteiger partial charge in [-0.2, -0.15) is 0 Å². The maximum atomic E-state index is 13.2. The van der Waals surface area contributed by atoms with E-state index in [9.17, 15) is 29.1 Å². The van der Waals surface area contributed by atoms with E-state index in [2.05, 4.69) is 21.3 Å². The van der Waals surface area contributed by atoms with E-state index in [0.717, 1.165) is 0 Å². The molecule has 182 valence electrons. The number of hydrogen-bond donors (Lipinski definition) is 7. The molecule has 4 rings (SSSR count). The summed E-state index contributed by atoms with van der Waals surface area (Å²) in [7, 11) is 0. The van der Waals surface area contributed by atoms with Crippen molar-refractivity contribution in [2.75, 3.05) is 18.0 Å². The van der Waals surface area contributed by atoms with Gasteiger partial charge in [-0.15, -0.1) is 0 Å². The molecule has 0 saturated carbocycles. The van der Waals surface area contributed by atoms with Crippen molar-refractivity contribution in [3.8, 4) is 0 Å². The predicted molar refractivity (Wildman–Crippen MR) is 115 cm³/mol. The third kappa shape index (κ3) is 4.50. The first-order valence-electron chi connectivity index (χ1n) is 10.7. The summed E-state index contributed by atoms with van der Waals surface area (Å²) in [5.74, 6) is -3.53. The SMILES string of the molecule is NC1NC(=O)C2C(NCC3CN(c4ccc(C(=O)N[C@@H](CCC(=O)O)C(=O)O)cc4)C(=O)N32)N1. The summed E-state index contributed by atoms with van der Waals surface area (Å²) in [6.45, 7) is 0.792. The fourth-order valence-corrected chi connectivity index (χ4v) is 4.39. The molecule has 1 aromatic rings. The van der Waals surface area contributed by atoms with Gasteiger partial charge in [-0.05, 0) is 30.7 Å². The van der Waals surface area contributed by atoms with E-state index in [1.807, 2.05) is 0 Å². The van der Waals surface area contributed by atoms with E-state index in [4.69, 9.17) is 10.8 Å². The Bertz CT molecular complexity index is 1020. The van der Waals surface area contributed by atoms with Crippen LogP contribution in [0.15, 0.2) is 24.3 Å². The van der Waals surface area contributed by atoms with Crippen LogP contribution >= 0.6 is 0 Å². The number of carboxylic acids is 2. The molecule has 4 unspecified atom stereocenters. The van der Waals surface area contributed by atoms with Crippen molar-refractivity contribution in [1.82, 2.24) is 26.2 Å². The van der Waals surface area contributed by atoms with Gasteiger partial charge in [0.15, 0.2) is 0 Å². The number of urea groups is 1. The summed E-state index contributed by atoms with van der Waals surface area (Å²) in [5, 5.41) is 29.0. The topological polar surface area (TPSA) is 206 Å². The Kier molecular flexibility index (Phi) is 6.37. The lowest BCUT2D eigenvalue weighted by Crippen LogP contribution is -2.78. The number of benzene rings is 1. The van der Waals surface area contributed by atoms with Gasteiger partial charge in [0.25, 0.3) is 5.91 Å². The lowest BCUT2D eigenvalue weighted by molar-refractivity contribution is -0.140. The second-order valence-corrected chi connectivity index (χ2v) is 8.28. The minimum atomic E-state index is -1.34. The molecule has 3 fully saturated rings. The van der Waals surface area contributed by atoms with Crippen molar-refractivity contribution in [3.63, 3.8) is 0 Å². The highest BCUT2D eigenvalue weighted by atomic mass is 16.4. The highest BCUT2D eigenvalue weighted by molar-refractivity contribution is 6.00. The van der Waals surface area contributed by atoms with Crippen LogP contribution in [0.5, 0.6) is 0 Å². The van der Waals surface area contributed by atoms with E-state index in [-0.39, 0.29) is 30.0 Å². The van der Waals surface area contributed by atoms with E-state index < -0.39 is 48.8 Å². The molecular formula is C20H25N7O7. The van der Waals surface area contributed by atoms with Gasteiger partial charge in [0.2, 0.25) is 5.91 Å². The Morgan fingerprint density at radius 2 is 1.88 bits per heavy atom. The normalized spacial score (nSPS) is 26.9. The predicted octanol–water partition coefficient (Wildman–Crippen LogP) is -2.40. The molecule has 14 heteroatoms. The average Bonchev–Trinajstić information content (AvgIpc) is 3.12. The molecule has 0 aromatic heterocycles. The van der Waals surface area contributed by atoms with Crippen molar-refractivity contribution < 1.29 is 34.2 Å². The van der Waals surface area contributed by atoms with Crippen LogP contribution in [0.25, 0.3) is 0 Å². The number of fused-ring (bicyclic) bond motifs is 3. The zero-order valence-corrected chi connectivity index (χ0v) is 17.9. The molecule has 0 bridgehead atoms. The minimum absolute atomic E-state index is 0.154. The fraction of sp³-hybridized carbons (Fsp3) is 0.450. The first kappa shape index (κ1) is 23.4. The van der Waals surface area contributed by atoms with Crippen LogP contribution in [0.3, 0.4) is 0 Å². The van der Waals surface area contributed by atoms with Crippen LogP contribution in [-0.2, 0) is 14.4 Å². The maximum absolute atomic E-state index is 13.2. The Labute approximate surface area is 193 Å². The van der Waals surface area contributed by atoms with Crippen LogP contribution in [0.1, 0.15) is 23.2 Å². The monoisotopic (exact) mass is 475 g/mol. The zero-order chi connectivity index (χ0) is 24.6. The molecular weight excluding hydrogens is 450 g/mol. The van der Waals surface area contributed by atoms with Crippen molar-refractivity contribution in [2.24, 2.45) is 5.73 Å². The number of nitrogens with zero attached hydrogens (tertiary/aromatic N) is 2. The highest BCUT2D eigenvalue weighted by Crippen LogP contribution is 2.29. The number of nitrogens with one attached hydrogen (secondary N) is 4. The number of carbonyl (C=O) groups is 5.